The van der Waals surface area contributed by atoms with E-state index in [-0.39, 0.29) is 11.8 Å². The molecule has 1 aliphatic heterocycles. The van der Waals surface area contributed by atoms with Crippen molar-refractivity contribution in [2.45, 2.75) is 25.5 Å². The Bertz CT molecular complexity index is 1240. The fraction of sp³-hybridized carbons (Fsp3) is 0.240. The zero-order valence-electron chi connectivity index (χ0n) is 17.6. The molecule has 7 heteroatoms. The Labute approximate surface area is 190 Å². The van der Waals surface area contributed by atoms with Gasteiger partial charge < -0.3 is 10.5 Å². The summed E-state index contributed by atoms with van der Waals surface area (Å²) >= 11 is 1.40. The number of hydrogen-bond acceptors (Lipinski definition) is 6. The third kappa shape index (κ3) is 4.35. The van der Waals surface area contributed by atoms with Crippen LogP contribution in [0.5, 0.6) is 5.75 Å². The van der Waals surface area contributed by atoms with Gasteiger partial charge in [0, 0.05) is 36.8 Å². The highest BCUT2D eigenvalue weighted by Gasteiger charge is 2.30. The van der Waals surface area contributed by atoms with Crippen LogP contribution in [-0.2, 0) is 13.2 Å². The van der Waals surface area contributed by atoms with Crippen molar-refractivity contribution in [3.8, 4) is 5.75 Å². The molecule has 3 aromatic heterocycles. The van der Waals surface area contributed by atoms with Crippen LogP contribution in [-0.4, -0.2) is 33.9 Å². The van der Waals surface area contributed by atoms with Crippen molar-refractivity contribution >= 4 is 27.5 Å². The second-order valence-electron chi connectivity index (χ2n) is 8.04. The largest absolute Gasteiger partial charge is 0.487 e. The number of hydrogen-bond donors (Lipinski definition) is 1. The topological polar surface area (TPSA) is 81.3 Å². The van der Waals surface area contributed by atoms with Crippen LogP contribution in [0.15, 0.2) is 67.0 Å². The van der Waals surface area contributed by atoms with Gasteiger partial charge in [-0.3, -0.25) is 14.7 Å². The molecule has 2 N–H and O–H groups in total. The van der Waals surface area contributed by atoms with Gasteiger partial charge in [-0.25, -0.2) is 4.98 Å². The summed E-state index contributed by atoms with van der Waals surface area (Å²) < 4.78 is 5.93. The number of ether oxygens (including phenoxy) is 1. The zero-order chi connectivity index (χ0) is 21.9. The summed E-state index contributed by atoms with van der Waals surface area (Å²) in [6.45, 7) is 3.15. The van der Waals surface area contributed by atoms with Crippen molar-refractivity contribution in [2.24, 2.45) is 5.73 Å². The van der Waals surface area contributed by atoms with E-state index in [2.05, 4.69) is 27.0 Å². The molecule has 0 saturated carbocycles. The van der Waals surface area contributed by atoms with Crippen molar-refractivity contribution in [3.05, 3.63) is 88.7 Å². The maximum atomic E-state index is 12.1. The number of likely N-dealkylation sites (tertiary alicyclic amines) is 1. The smallest absolute Gasteiger partial charge is 0.259 e. The number of benzene rings is 1. The van der Waals surface area contributed by atoms with E-state index in [0.717, 1.165) is 53.3 Å². The lowest BCUT2D eigenvalue weighted by Crippen LogP contribution is -2.20. The lowest BCUT2D eigenvalue weighted by Gasteiger charge is -2.17. The number of aromatic nitrogens is 2. The fourth-order valence-corrected chi connectivity index (χ4v) is 5.47. The first kappa shape index (κ1) is 20.6. The number of carbonyl (C=O) groups excluding carboxylic acids is 1. The lowest BCUT2D eigenvalue weighted by molar-refractivity contribution is 0.100. The van der Waals surface area contributed by atoms with Crippen LogP contribution in [0, 0.1) is 0 Å². The number of thiophene rings is 1. The average molecular weight is 445 g/mol. The van der Waals surface area contributed by atoms with Gasteiger partial charge in [0.2, 0.25) is 0 Å². The van der Waals surface area contributed by atoms with Crippen molar-refractivity contribution in [3.63, 3.8) is 0 Å². The van der Waals surface area contributed by atoms with Crippen molar-refractivity contribution < 1.29 is 9.53 Å². The second-order valence-corrected chi connectivity index (χ2v) is 9.04. The highest BCUT2D eigenvalue weighted by Crippen LogP contribution is 2.39. The Morgan fingerprint density at radius 2 is 2.03 bits per heavy atom. The molecule has 0 aliphatic carbocycles. The van der Waals surface area contributed by atoms with Gasteiger partial charge in [-0.15, -0.1) is 11.3 Å². The Hall–Kier alpha value is -3.29. The van der Waals surface area contributed by atoms with Gasteiger partial charge in [0.15, 0.2) is 0 Å². The molecule has 0 radical (unpaired) electrons. The minimum Gasteiger partial charge on any atom is -0.487 e. The highest BCUT2D eigenvalue weighted by molar-refractivity contribution is 7.20. The molecule has 4 heterocycles. The maximum Gasteiger partial charge on any atom is 0.259 e. The first-order chi connectivity index (χ1) is 15.7. The normalized spacial score (nSPS) is 16.4. The Morgan fingerprint density at radius 1 is 1.12 bits per heavy atom. The molecule has 162 valence electrons. The van der Waals surface area contributed by atoms with Gasteiger partial charge in [-0.05, 0) is 54.4 Å². The number of rotatable bonds is 7. The van der Waals surface area contributed by atoms with Gasteiger partial charge in [-0.2, -0.15) is 0 Å². The molecule has 1 fully saturated rings. The molecule has 0 spiro atoms. The lowest BCUT2D eigenvalue weighted by atomic mass is 9.95. The summed E-state index contributed by atoms with van der Waals surface area (Å²) in [4.78, 5) is 24.8. The van der Waals surface area contributed by atoms with Crippen molar-refractivity contribution in [1.29, 1.82) is 0 Å². The number of primary amides is 1. The quantitative estimate of drug-likeness (QED) is 0.458. The standard InChI is InChI=1S/C25H24N4O2S/c26-24(30)23-22(21-8-4-11-28-25(21)32-23)18-9-12-29(15-18)14-17-5-3-7-20(13-17)31-16-19-6-1-2-10-27-19/h1-8,10-11,13,18H,9,12,14-16H2,(H2,26,30). The third-order valence-electron chi connectivity index (χ3n) is 5.83. The molecular formula is C25H24N4O2S. The van der Waals surface area contributed by atoms with Crippen LogP contribution in [0.1, 0.15) is 38.8 Å². The molecule has 1 amide bonds. The van der Waals surface area contributed by atoms with E-state index in [1.165, 1.54) is 16.9 Å². The maximum absolute atomic E-state index is 12.1. The fourth-order valence-electron chi connectivity index (χ4n) is 4.38. The third-order valence-corrected chi connectivity index (χ3v) is 6.97. The SMILES string of the molecule is NC(=O)c1sc2ncccc2c1C1CCN(Cc2cccc(OCc3ccccn3)c2)C1. The van der Waals surface area contributed by atoms with Gasteiger partial charge in [0.25, 0.3) is 5.91 Å². The second kappa shape index (κ2) is 9.06. The predicted molar refractivity (Wildman–Crippen MR) is 126 cm³/mol. The number of carbonyl (C=O) groups is 1. The average Bonchev–Trinajstić information content (AvgIpc) is 3.43. The summed E-state index contributed by atoms with van der Waals surface area (Å²) in [7, 11) is 0. The predicted octanol–water partition coefficient (Wildman–Crippen LogP) is 4.36. The first-order valence-electron chi connectivity index (χ1n) is 10.7. The molecular weight excluding hydrogens is 420 g/mol. The summed E-state index contributed by atoms with van der Waals surface area (Å²) in [5.41, 5.74) is 8.88. The number of nitrogens with zero attached hydrogens (tertiary/aromatic N) is 3. The summed E-state index contributed by atoms with van der Waals surface area (Å²) in [5, 5.41) is 1.06. The van der Waals surface area contributed by atoms with Crippen molar-refractivity contribution in [2.75, 3.05) is 13.1 Å². The molecule has 1 aromatic carbocycles. The summed E-state index contributed by atoms with van der Waals surface area (Å²) in [6, 6.07) is 18.0. The van der Waals surface area contributed by atoms with Gasteiger partial charge in [-0.1, -0.05) is 24.3 Å². The van der Waals surface area contributed by atoms with Gasteiger partial charge in [0.1, 0.15) is 17.2 Å². The van der Waals surface area contributed by atoms with Crippen LogP contribution in [0.25, 0.3) is 10.2 Å². The Morgan fingerprint density at radius 3 is 2.88 bits per heavy atom. The van der Waals surface area contributed by atoms with E-state index in [4.69, 9.17) is 10.5 Å². The van der Waals surface area contributed by atoms with Crippen molar-refractivity contribution in [1.82, 2.24) is 14.9 Å². The molecule has 6 nitrogen and oxygen atoms in total. The first-order valence-corrected chi connectivity index (χ1v) is 11.5. The van der Waals surface area contributed by atoms with E-state index < -0.39 is 0 Å². The number of nitrogens with two attached hydrogens (primary N) is 1. The molecule has 1 unspecified atom stereocenters. The zero-order valence-corrected chi connectivity index (χ0v) is 18.4. The van der Waals surface area contributed by atoms with Gasteiger partial charge >= 0.3 is 0 Å². The van der Waals surface area contributed by atoms with Crippen LogP contribution in [0.4, 0.5) is 0 Å². The monoisotopic (exact) mass is 444 g/mol. The van der Waals surface area contributed by atoms with E-state index in [9.17, 15) is 4.79 Å². The molecule has 32 heavy (non-hydrogen) atoms. The van der Waals surface area contributed by atoms with Crippen LogP contribution >= 0.6 is 11.3 Å². The van der Waals surface area contributed by atoms with E-state index in [1.54, 1.807) is 12.4 Å². The Kier molecular flexibility index (Phi) is 5.83. The minimum atomic E-state index is -0.362. The van der Waals surface area contributed by atoms with Crippen LogP contribution in [0.3, 0.4) is 0 Å². The molecule has 1 atom stereocenters. The number of amides is 1. The highest BCUT2D eigenvalue weighted by atomic mass is 32.1. The molecule has 1 saturated heterocycles. The summed E-state index contributed by atoms with van der Waals surface area (Å²) in [6.07, 6.45) is 4.53. The minimum absolute atomic E-state index is 0.277. The van der Waals surface area contributed by atoms with E-state index in [0.29, 0.717) is 11.5 Å². The Balaban J connectivity index is 1.28. The summed E-state index contributed by atoms with van der Waals surface area (Å²) in [5.74, 6) is 0.757. The number of pyridine rings is 2. The van der Waals surface area contributed by atoms with Crippen LogP contribution in [0.2, 0.25) is 0 Å². The van der Waals surface area contributed by atoms with E-state index >= 15 is 0 Å². The molecule has 5 rings (SSSR count). The molecule has 0 bridgehead atoms. The van der Waals surface area contributed by atoms with Crippen LogP contribution < -0.4 is 10.5 Å². The molecule has 4 aromatic rings. The van der Waals surface area contributed by atoms with E-state index in [1.807, 2.05) is 42.5 Å². The molecule has 1 aliphatic rings. The number of fused-ring (bicyclic) bond motifs is 1. The van der Waals surface area contributed by atoms with Gasteiger partial charge in [0.05, 0.1) is 10.6 Å².